The normalized spacial score (nSPS) is 10.5. The number of hydrogen-bond acceptors (Lipinski definition) is 6. The molecule has 0 saturated carbocycles. The van der Waals surface area contributed by atoms with Gasteiger partial charge in [0.25, 0.3) is 5.56 Å². The Morgan fingerprint density at radius 3 is 2.50 bits per heavy atom. The largest absolute Gasteiger partial charge is 0.462 e. The summed E-state index contributed by atoms with van der Waals surface area (Å²) in [5, 5.41) is 11.0. The highest BCUT2D eigenvalue weighted by Gasteiger charge is 2.08. The summed E-state index contributed by atoms with van der Waals surface area (Å²) in [6, 6.07) is 16.4. The number of carbonyl (C=O) groups excluding carboxylic acids is 1. The zero-order chi connectivity index (χ0) is 19.8. The number of carbonyl (C=O) groups is 1. The summed E-state index contributed by atoms with van der Waals surface area (Å²) in [6.07, 6.45) is 2.23. The Morgan fingerprint density at radius 1 is 1.07 bits per heavy atom. The molecule has 2 aromatic carbocycles. The molecule has 0 bridgehead atoms. The molecule has 0 amide bonds. The van der Waals surface area contributed by atoms with Crippen LogP contribution in [0.1, 0.15) is 41.4 Å². The van der Waals surface area contributed by atoms with Gasteiger partial charge in [-0.25, -0.2) is 4.79 Å². The van der Waals surface area contributed by atoms with Crippen LogP contribution in [0.15, 0.2) is 59.4 Å². The van der Waals surface area contributed by atoms with Gasteiger partial charge in [-0.3, -0.25) is 9.78 Å². The summed E-state index contributed by atoms with van der Waals surface area (Å²) in [6.45, 7) is 2.46. The van der Waals surface area contributed by atoms with Gasteiger partial charge in [0.05, 0.1) is 12.2 Å². The molecule has 0 aliphatic rings. The number of H-pyrrole nitrogens is 1. The summed E-state index contributed by atoms with van der Waals surface area (Å²) in [5.41, 5.74) is 2.19. The maximum absolute atomic E-state index is 12.2. The smallest absolute Gasteiger partial charge is 0.338 e. The Bertz CT molecular complexity index is 969. The third-order valence-corrected chi connectivity index (χ3v) is 4.09. The summed E-state index contributed by atoms with van der Waals surface area (Å²) >= 11 is 0. The number of aromatic amines is 1. The molecule has 1 aromatic heterocycles. The van der Waals surface area contributed by atoms with Gasteiger partial charge in [-0.05, 0) is 36.2 Å². The fraction of sp³-hybridized carbons (Fsp3) is 0.238. The number of anilines is 2. The predicted molar refractivity (Wildman–Crippen MR) is 107 cm³/mol. The molecule has 0 aliphatic carbocycles. The van der Waals surface area contributed by atoms with Crippen LogP contribution in [0.3, 0.4) is 0 Å². The molecule has 2 N–H and O–H groups in total. The van der Waals surface area contributed by atoms with Gasteiger partial charge in [0.15, 0.2) is 0 Å². The highest BCUT2D eigenvalue weighted by atomic mass is 16.5. The van der Waals surface area contributed by atoms with Crippen LogP contribution in [-0.4, -0.2) is 27.8 Å². The SMILES string of the molecule is CCCCOC(=O)c1ccc(Nc2nnc(Cc3ccccc3)c(=O)[nH]2)cc1. The van der Waals surface area contributed by atoms with E-state index in [1.54, 1.807) is 24.3 Å². The van der Waals surface area contributed by atoms with Crippen molar-refractivity contribution in [2.75, 3.05) is 11.9 Å². The molecule has 0 saturated heterocycles. The molecule has 0 aliphatic heterocycles. The van der Waals surface area contributed by atoms with E-state index in [2.05, 4.69) is 20.5 Å². The lowest BCUT2D eigenvalue weighted by Crippen LogP contribution is -2.18. The minimum absolute atomic E-state index is 0.236. The van der Waals surface area contributed by atoms with Gasteiger partial charge in [-0.2, -0.15) is 0 Å². The molecule has 7 nitrogen and oxygen atoms in total. The summed E-state index contributed by atoms with van der Waals surface area (Å²) in [7, 11) is 0. The van der Waals surface area contributed by atoms with Crippen molar-refractivity contribution in [3.05, 3.63) is 81.8 Å². The van der Waals surface area contributed by atoms with E-state index < -0.39 is 0 Å². The average Bonchev–Trinajstić information content (AvgIpc) is 2.71. The van der Waals surface area contributed by atoms with Crippen molar-refractivity contribution in [2.45, 2.75) is 26.2 Å². The Labute approximate surface area is 162 Å². The first-order valence-electron chi connectivity index (χ1n) is 9.19. The second-order valence-corrected chi connectivity index (χ2v) is 6.30. The molecule has 0 radical (unpaired) electrons. The Balaban J connectivity index is 1.63. The highest BCUT2D eigenvalue weighted by Crippen LogP contribution is 2.14. The van der Waals surface area contributed by atoms with Crippen LogP contribution in [0.25, 0.3) is 0 Å². The molecule has 3 aromatic rings. The first-order valence-corrected chi connectivity index (χ1v) is 9.19. The van der Waals surface area contributed by atoms with Gasteiger partial charge in [-0.15, -0.1) is 10.2 Å². The first kappa shape index (κ1) is 19.3. The number of benzene rings is 2. The number of rotatable bonds is 8. The Morgan fingerprint density at radius 2 is 1.82 bits per heavy atom. The summed E-state index contributed by atoms with van der Waals surface area (Å²) in [5.74, 6) is -0.112. The second kappa shape index (κ2) is 9.45. The van der Waals surface area contributed by atoms with Crippen molar-refractivity contribution >= 4 is 17.6 Å². The van der Waals surface area contributed by atoms with E-state index >= 15 is 0 Å². The maximum Gasteiger partial charge on any atom is 0.338 e. The molecule has 144 valence electrons. The van der Waals surface area contributed by atoms with Gasteiger partial charge in [0, 0.05) is 12.1 Å². The standard InChI is InChI=1S/C21H22N4O3/c1-2-3-13-28-20(27)16-9-11-17(12-10-16)22-21-23-19(26)18(24-25-21)14-15-7-5-4-6-8-15/h4-12H,2-3,13-14H2,1H3,(H2,22,23,25,26). The number of nitrogens with one attached hydrogen (secondary N) is 2. The van der Waals surface area contributed by atoms with Gasteiger partial charge in [-0.1, -0.05) is 43.7 Å². The van der Waals surface area contributed by atoms with Crippen molar-refractivity contribution in [1.82, 2.24) is 15.2 Å². The van der Waals surface area contributed by atoms with Gasteiger partial charge < -0.3 is 10.1 Å². The van der Waals surface area contributed by atoms with Gasteiger partial charge >= 0.3 is 5.97 Å². The van der Waals surface area contributed by atoms with E-state index in [0.717, 1.165) is 18.4 Å². The van der Waals surface area contributed by atoms with E-state index in [9.17, 15) is 9.59 Å². The van der Waals surface area contributed by atoms with Gasteiger partial charge in [0.1, 0.15) is 5.69 Å². The van der Waals surface area contributed by atoms with E-state index in [-0.39, 0.29) is 17.5 Å². The van der Waals surface area contributed by atoms with Crippen LogP contribution >= 0.6 is 0 Å². The Kier molecular flexibility index (Phi) is 6.51. The minimum Gasteiger partial charge on any atom is -0.462 e. The van der Waals surface area contributed by atoms with Crippen molar-refractivity contribution in [1.29, 1.82) is 0 Å². The van der Waals surface area contributed by atoms with Crippen LogP contribution in [-0.2, 0) is 11.2 Å². The summed E-state index contributed by atoms with van der Waals surface area (Å²) in [4.78, 5) is 26.8. The molecule has 1 heterocycles. The second-order valence-electron chi connectivity index (χ2n) is 6.30. The lowest BCUT2D eigenvalue weighted by Gasteiger charge is -2.07. The highest BCUT2D eigenvalue weighted by molar-refractivity contribution is 5.89. The summed E-state index contributed by atoms with van der Waals surface area (Å²) < 4.78 is 5.18. The van der Waals surface area contributed by atoms with Crippen molar-refractivity contribution in [3.63, 3.8) is 0 Å². The topological polar surface area (TPSA) is 97.0 Å². The van der Waals surface area contributed by atoms with Crippen LogP contribution < -0.4 is 10.9 Å². The molecule has 0 fully saturated rings. The quantitative estimate of drug-likeness (QED) is 0.460. The number of esters is 1. The number of unbranched alkanes of at least 4 members (excludes halogenated alkanes) is 1. The zero-order valence-corrected chi connectivity index (χ0v) is 15.6. The van der Waals surface area contributed by atoms with Crippen LogP contribution in [0, 0.1) is 0 Å². The van der Waals surface area contributed by atoms with E-state index in [4.69, 9.17) is 4.74 Å². The molecule has 0 spiro atoms. The number of ether oxygens (including phenoxy) is 1. The van der Waals surface area contributed by atoms with Gasteiger partial charge in [0.2, 0.25) is 5.95 Å². The maximum atomic E-state index is 12.2. The van der Waals surface area contributed by atoms with E-state index in [1.165, 1.54) is 0 Å². The first-order chi connectivity index (χ1) is 13.7. The van der Waals surface area contributed by atoms with E-state index in [1.807, 2.05) is 37.3 Å². The van der Waals surface area contributed by atoms with Crippen LogP contribution in [0.4, 0.5) is 11.6 Å². The lowest BCUT2D eigenvalue weighted by atomic mass is 10.1. The lowest BCUT2D eigenvalue weighted by molar-refractivity contribution is 0.0500. The molecule has 3 rings (SSSR count). The monoisotopic (exact) mass is 378 g/mol. The van der Waals surface area contributed by atoms with Crippen LogP contribution in [0.5, 0.6) is 0 Å². The molecule has 28 heavy (non-hydrogen) atoms. The predicted octanol–water partition coefficient (Wildman–Crippen LogP) is 3.46. The fourth-order valence-electron chi connectivity index (χ4n) is 2.54. The zero-order valence-electron chi connectivity index (χ0n) is 15.6. The minimum atomic E-state index is -0.349. The average molecular weight is 378 g/mol. The third-order valence-electron chi connectivity index (χ3n) is 4.09. The molecular weight excluding hydrogens is 356 g/mol. The molecule has 0 atom stereocenters. The number of hydrogen-bond donors (Lipinski definition) is 2. The van der Waals surface area contributed by atoms with Crippen molar-refractivity contribution < 1.29 is 9.53 Å². The van der Waals surface area contributed by atoms with E-state index in [0.29, 0.717) is 30.0 Å². The molecular formula is C21H22N4O3. The Hall–Kier alpha value is -3.48. The number of aromatic nitrogens is 3. The van der Waals surface area contributed by atoms with Crippen molar-refractivity contribution in [2.24, 2.45) is 0 Å². The van der Waals surface area contributed by atoms with Crippen LogP contribution in [0.2, 0.25) is 0 Å². The number of nitrogens with zero attached hydrogens (tertiary/aromatic N) is 2. The molecule has 0 unspecified atom stereocenters. The fourth-order valence-corrected chi connectivity index (χ4v) is 2.54. The van der Waals surface area contributed by atoms with Crippen molar-refractivity contribution in [3.8, 4) is 0 Å². The third kappa shape index (κ3) is 5.26. The molecule has 7 heteroatoms.